The van der Waals surface area contributed by atoms with Crippen molar-refractivity contribution in [3.05, 3.63) is 70.6 Å². The number of nitrogens with one attached hydrogen (secondary N) is 1. The van der Waals surface area contributed by atoms with Crippen molar-refractivity contribution in [3.8, 4) is 0 Å². The molecule has 0 aliphatic heterocycles. The number of hydrogen-bond donors (Lipinski definition) is 1. The predicted octanol–water partition coefficient (Wildman–Crippen LogP) is 2.84. The maximum absolute atomic E-state index is 12.8. The molecule has 0 aliphatic carbocycles. The van der Waals surface area contributed by atoms with E-state index in [2.05, 4.69) is 15.3 Å². The van der Waals surface area contributed by atoms with Crippen LogP contribution in [0.4, 0.5) is 5.69 Å². The van der Waals surface area contributed by atoms with Crippen LogP contribution in [0, 0.1) is 0 Å². The first kappa shape index (κ1) is 18.6. The third-order valence-electron chi connectivity index (χ3n) is 4.46. The van der Waals surface area contributed by atoms with Gasteiger partial charge in [0.05, 0.1) is 11.4 Å². The lowest BCUT2D eigenvalue weighted by Crippen LogP contribution is -2.35. The third kappa shape index (κ3) is 4.00. The Morgan fingerprint density at radius 1 is 1.07 bits per heavy atom. The second kappa shape index (κ2) is 8.03. The van der Waals surface area contributed by atoms with E-state index in [0.29, 0.717) is 23.9 Å². The van der Waals surface area contributed by atoms with Crippen molar-refractivity contribution in [2.75, 3.05) is 25.0 Å². The summed E-state index contributed by atoms with van der Waals surface area (Å²) in [5.41, 5.74) is 1.19. The van der Waals surface area contributed by atoms with Gasteiger partial charge in [0.1, 0.15) is 0 Å². The van der Waals surface area contributed by atoms with Crippen molar-refractivity contribution in [1.29, 1.82) is 0 Å². The number of fused-ring (bicyclic) bond motifs is 1. The Kier molecular flexibility index (Phi) is 5.54. The fourth-order valence-corrected chi connectivity index (χ4v) is 2.96. The molecule has 1 aromatic heterocycles. The molecule has 3 aromatic rings. The van der Waals surface area contributed by atoms with E-state index in [4.69, 9.17) is 0 Å². The summed E-state index contributed by atoms with van der Waals surface area (Å²) in [7, 11) is 1.98. The van der Waals surface area contributed by atoms with E-state index in [1.54, 1.807) is 18.2 Å². The number of aromatic nitrogens is 2. The van der Waals surface area contributed by atoms with Crippen molar-refractivity contribution in [2.24, 2.45) is 0 Å². The van der Waals surface area contributed by atoms with E-state index < -0.39 is 0 Å². The number of amides is 1. The number of benzene rings is 2. The topological polar surface area (TPSA) is 67.2 Å². The smallest absolute Gasteiger partial charge is 0.274 e. The molecule has 0 spiro atoms. The number of rotatable bonds is 6. The largest absolute Gasteiger partial charge is 0.373 e. The van der Waals surface area contributed by atoms with Gasteiger partial charge in [0.2, 0.25) is 0 Å². The fourth-order valence-electron chi connectivity index (χ4n) is 2.96. The van der Waals surface area contributed by atoms with Gasteiger partial charge in [0.15, 0.2) is 5.69 Å². The molecule has 0 radical (unpaired) electrons. The lowest BCUT2D eigenvalue weighted by Gasteiger charge is -2.19. The molecule has 0 atom stereocenters. The Hall–Kier alpha value is -3.15. The van der Waals surface area contributed by atoms with Crippen LogP contribution in [0.2, 0.25) is 0 Å². The molecular formula is C21H24N4O2. The van der Waals surface area contributed by atoms with Crippen molar-refractivity contribution < 1.29 is 4.79 Å². The minimum atomic E-state index is -0.276. The van der Waals surface area contributed by atoms with Gasteiger partial charge in [-0.05, 0) is 32.0 Å². The van der Waals surface area contributed by atoms with Crippen LogP contribution in [-0.2, 0) is 0 Å². The highest BCUT2D eigenvalue weighted by Crippen LogP contribution is 2.15. The van der Waals surface area contributed by atoms with E-state index in [9.17, 15) is 9.59 Å². The Balaban J connectivity index is 1.79. The first-order chi connectivity index (χ1) is 13.0. The van der Waals surface area contributed by atoms with Crippen molar-refractivity contribution in [3.63, 3.8) is 0 Å². The number of carbonyl (C=O) groups excluding carboxylic acids is 1. The zero-order valence-corrected chi connectivity index (χ0v) is 15.8. The van der Waals surface area contributed by atoms with Crippen LogP contribution < -0.4 is 15.8 Å². The van der Waals surface area contributed by atoms with Crippen LogP contribution >= 0.6 is 0 Å². The average Bonchev–Trinajstić information content (AvgIpc) is 2.68. The Bertz CT molecular complexity index is 996. The minimum absolute atomic E-state index is 0.127. The van der Waals surface area contributed by atoms with Gasteiger partial charge >= 0.3 is 0 Å². The van der Waals surface area contributed by atoms with Gasteiger partial charge in [-0.2, -0.15) is 5.10 Å². The van der Waals surface area contributed by atoms with Crippen LogP contribution in [0.15, 0.2) is 59.4 Å². The summed E-state index contributed by atoms with van der Waals surface area (Å²) in [6.07, 6.45) is 0. The van der Waals surface area contributed by atoms with E-state index in [0.717, 1.165) is 5.69 Å². The molecule has 140 valence electrons. The quantitative estimate of drug-likeness (QED) is 0.730. The van der Waals surface area contributed by atoms with Gasteiger partial charge < -0.3 is 10.2 Å². The van der Waals surface area contributed by atoms with E-state index >= 15 is 0 Å². The molecule has 6 heteroatoms. The summed E-state index contributed by atoms with van der Waals surface area (Å²) in [5.74, 6) is -0.276. The zero-order valence-electron chi connectivity index (χ0n) is 15.8. The second-order valence-electron chi connectivity index (χ2n) is 6.75. The van der Waals surface area contributed by atoms with Crippen LogP contribution in [-0.4, -0.2) is 35.8 Å². The predicted molar refractivity (Wildman–Crippen MR) is 108 cm³/mol. The fraction of sp³-hybridized carbons (Fsp3) is 0.286. The molecule has 6 nitrogen and oxygen atoms in total. The van der Waals surface area contributed by atoms with E-state index in [-0.39, 0.29) is 23.2 Å². The lowest BCUT2D eigenvalue weighted by molar-refractivity contribution is 0.0949. The average molecular weight is 364 g/mol. The zero-order chi connectivity index (χ0) is 19.4. The Labute approximate surface area is 158 Å². The first-order valence-electron chi connectivity index (χ1n) is 9.05. The maximum atomic E-state index is 12.8. The lowest BCUT2D eigenvalue weighted by atomic mass is 10.1. The summed E-state index contributed by atoms with van der Waals surface area (Å²) in [6.45, 7) is 4.89. The highest BCUT2D eigenvalue weighted by Gasteiger charge is 2.17. The molecule has 0 unspecified atom stereocenters. The van der Waals surface area contributed by atoms with Gasteiger partial charge in [-0.15, -0.1) is 0 Å². The van der Waals surface area contributed by atoms with Crippen molar-refractivity contribution in [2.45, 2.75) is 19.9 Å². The molecule has 0 fully saturated rings. The molecule has 1 heterocycles. The van der Waals surface area contributed by atoms with Gasteiger partial charge in [-0.25, -0.2) is 4.68 Å². The van der Waals surface area contributed by atoms with E-state index in [1.807, 2.05) is 57.3 Å². The van der Waals surface area contributed by atoms with Crippen molar-refractivity contribution >= 4 is 22.4 Å². The highest BCUT2D eigenvalue weighted by molar-refractivity contribution is 6.04. The molecule has 27 heavy (non-hydrogen) atoms. The Morgan fingerprint density at radius 3 is 2.37 bits per heavy atom. The molecular weight excluding hydrogens is 340 g/mol. The summed E-state index contributed by atoms with van der Waals surface area (Å²) < 4.78 is 1.37. The van der Waals surface area contributed by atoms with Crippen molar-refractivity contribution in [1.82, 2.24) is 15.1 Å². The molecule has 0 bridgehead atoms. The number of nitrogens with zero attached hydrogens (tertiary/aromatic N) is 3. The van der Waals surface area contributed by atoms with E-state index in [1.165, 1.54) is 4.68 Å². The molecule has 3 rings (SSSR count). The Morgan fingerprint density at radius 2 is 1.70 bits per heavy atom. The number of para-hydroxylation sites is 1. The van der Waals surface area contributed by atoms with Crippen LogP contribution in [0.25, 0.3) is 10.8 Å². The second-order valence-corrected chi connectivity index (χ2v) is 6.75. The minimum Gasteiger partial charge on any atom is -0.373 e. The SMILES string of the molecule is CC(C)n1nc(C(=O)NCCN(C)c2ccccc2)c2ccccc2c1=O. The summed E-state index contributed by atoms with van der Waals surface area (Å²) >= 11 is 0. The van der Waals surface area contributed by atoms with Gasteiger partial charge in [0, 0.05) is 31.2 Å². The number of likely N-dealkylation sites (N-methyl/N-ethyl adjacent to an activating group) is 1. The van der Waals surface area contributed by atoms with Gasteiger partial charge in [-0.3, -0.25) is 9.59 Å². The molecule has 0 saturated heterocycles. The molecule has 1 amide bonds. The summed E-state index contributed by atoms with van der Waals surface area (Å²) in [6, 6.07) is 17.0. The maximum Gasteiger partial charge on any atom is 0.274 e. The monoisotopic (exact) mass is 364 g/mol. The normalized spacial score (nSPS) is 11.0. The number of carbonyl (C=O) groups is 1. The van der Waals surface area contributed by atoms with Gasteiger partial charge in [-0.1, -0.05) is 36.4 Å². The molecule has 0 saturated carbocycles. The first-order valence-corrected chi connectivity index (χ1v) is 9.05. The summed E-state index contributed by atoms with van der Waals surface area (Å²) in [5, 5.41) is 8.34. The third-order valence-corrected chi connectivity index (χ3v) is 4.46. The number of anilines is 1. The summed E-state index contributed by atoms with van der Waals surface area (Å²) in [4.78, 5) is 27.4. The molecule has 1 N–H and O–H groups in total. The standard InChI is InChI=1S/C21H24N4O2/c1-15(2)25-21(27)18-12-8-7-11-17(18)19(23-25)20(26)22-13-14-24(3)16-9-5-4-6-10-16/h4-12,15H,13-14H2,1-3H3,(H,22,26). The number of hydrogen-bond acceptors (Lipinski definition) is 4. The van der Waals surface area contributed by atoms with Crippen LogP contribution in [0.3, 0.4) is 0 Å². The van der Waals surface area contributed by atoms with Gasteiger partial charge in [0.25, 0.3) is 11.5 Å². The highest BCUT2D eigenvalue weighted by atomic mass is 16.2. The van der Waals surface area contributed by atoms with Crippen LogP contribution in [0.5, 0.6) is 0 Å². The van der Waals surface area contributed by atoms with Crippen LogP contribution in [0.1, 0.15) is 30.4 Å². The molecule has 0 aliphatic rings. The molecule has 2 aromatic carbocycles.